The number of carbonyl (C=O) groups is 2. The van der Waals surface area contributed by atoms with E-state index in [2.05, 4.69) is 4.74 Å². The summed E-state index contributed by atoms with van der Waals surface area (Å²) in [6.07, 6.45) is 0.481. The number of rotatable bonds is 2. The van der Waals surface area contributed by atoms with Gasteiger partial charge >= 0.3 is 11.9 Å². The van der Waals surface area contributed by atoms with Gasteiger partial charge in [0.15, 0.2) is 0 Å². The zero-order chi connectivity index (χ0) is 13.4. The summed E-state index contributed by atoms with van der Waals surface area (Å²) < 4.78 is 9.56. The molecule has 16 heavy (non-hydrogen) atoms. The molecule has 0 radical (unpaired) electrons. The summed E-state index contributed by atoms with van der Waals surface area (Å²) in [5, 5.41) is 0. The van der Waals surface area contributed by atoms with Crippen molar-refractivity contribution in [2.45, 2.75) is 66.6 Å². The molecule has 0 aliphatic heterocycles. The number of ether oxygens (including phenoxy) is 2. The van der Waals surface area contributed by atoms with Crippen LogP contribution in [0.3, 0.4) is 0 Å². The average molecular weight is 232 g/mol. The molecule has 0 aliphatic carbocycles. The van der Waals surface area contributed by atoms with Gasteiger partial charge in [0.05, 0.1) is 6.10 Å². The van der Waals surface area contributed by atoms with Crippen LogP contribution < -0.4 is 0 Å². The molecule has 0 bridgehead atoms. The van der Waals surface area contributed by atoms with E-state index in [1.165, 1.54) is 6.92 Å². The molecule has 0 spiro atoms. The first kappa shape index (κ1) is 17.3. The van der Waals surface area contributed by atoms with E-state index in [1.807, 2.05) is 34.6 Å². The molecule has 0 amide bonds. The Labute approximate surface area is 98.3 Å². The summed E-state index contributed by atoms with van der Waals surface area (Å²) in [6.45, 7) is 12.4. The molecule has 0 fully saturated rings. The van der Waals surface area contributed by atoms with E-state index in [0.717, 1.165) is 0 Å². The van der Waals surface area contributed by atoms with Crippen LogP contribution in [0.1, 0.15) is 54.9 Å². The maximum absolute atomic E-state index is 10.6. The highest BCUT2D eigenvalue weighted by atomic mass is 16.6. The Morgan fingerprint density at radius 1 is 1.19 bits per heavy atom. The summed E-state index contributed by atoms with van der Waals surface area (Å²) in [7, 11) is 0. The normalized spacial score (nSPS) is 10.2. The monoisotopic (exact) mass is 232 g/mol. The highest BCUT2D eigenvalue weighted by Crippen LogP contribution is 2.07. The maximum Gasteiger partial charge on any atom is 0.306 e. The molecule has 0 atom stereocenters. The number of hydrogen-bond donors (Lipinski definition) is 0. The van der Waals surface area contributed by atoms with Gasteiger partial charge in [-0.2, -0.15) is 0 Å². The first-order valence-electron chi connectivity index (χ1n) is 5.47. The summed E-state index contributed by atoms with van der Waals surface area (Å²) in [5.74, 6) is -0.350. The minimum Gasteiger partial charge on any atom is -0.463 e. The van der Waals surface area contributed by atoms with Gasteiger partial charge in [0.1, 0.15) is 5.60 Å². The van der Waals surface area contributed by atoms with Gasteiger partial charge in [-0.15, -0.1) is 0 Å². The summed E-state index contributed by atoms with van der Waals surface area (Å²) in [5.41, 5.74) is -0.326. The fourth-order valence-corrected chi connectivity index (χ4v) is 0.746. The lowest BCUT2D eigenvalue weighted by molar-refractivity contribution is -0.154. The van der Waals surface area contributed by atoms with E-state index in [9.17, 15) is 9.59 Å². The van der Waals surface area contributed by atoms with Crippen molar-refractivity contribution in [2.75, 3.05) is 0 Å². The van der Waals surface area contributed by atoms with Crippen molar-refractivity contribution in [1.82, 2.24) is 0 Å². The predicted octanol–water partition coefficient (Wildman–Crippen LogP) is 2.70. The third kappa shape index (κ3) is 18.7. The van der Waals surface area contributed by atoms with Crippen molar-refractivity contribution < 1.29 is 19.1 Å². The first-order chi connectivity index (χ1) is 7.08. The van der Waals surface area contributed by atoms with Gasteiger partial charge in [-0.05, 0) is 34.6 Å². The van der Waals surface area contributed by atoms with Crippen LogP contribution in [0.5, 0.6) is 0 Å². The summed E-state index contributed by atoms with van der Waals surface area (Å²) in [6, 6.07) is 0. The van der Waals surface area contributed by atoms with Gasteiger partial charge < -0.3 is 9.47 Å². The second-order valence-corrected chi connectivity index (χ2v) is 4.60. The molecule has 0 aromatic heterocycles. The number of hydrogen-bond acceptors (Lipinski definition) is 4. The lowest BCUT2D eigenvalue weighted by Gasteiger charge is -2.18. The van der Waals surface area contributed by atoms with Crippen LogP contribution in [0.15, 0.2) is 0 Å². The molecule has 96 valence electrons. The van der Waals surface area contributed by atoms with Crippen molar-refractivity contribution in [3.63, 3.8) is 0 Å². The Bertz CT molecular complexity index is 214. The van der Waals surface area contributed by atoms with Gasteiger partial charge in [0, 0.05) is 13.3 Å². The van der Waals surface area contributed by atoms with E-state index in [1.54, 1.807) is 6.92 Å². The SMILES string of the molecule is CC(=O)OC(C)C.CCC(=O)OC(C)(C)C. The molecule has 4 nitrogen and oxygen atoms in total. The van der Waals surface area contributed by atoms with Crippen LogP contribution in [0, 0.1) is 0 Å². The Kier molecular flexibility index (Phi) is 8.81. The lowest BCUT2D eigenvalue weighted by atomic mass is 10.2. The predicted molar refractivity (Wildman–Crippen MR) is 63.0 cm³/mol. The van der Waals surface area contributed by atoms with E-state index >= 15 is 0 Å². The van der Waals surface area contributed by atoms with E-state index in [0.29, 0.717) is 6.42 Å². The summed E-state index contributed by atoms with van der Waals surface area (Å²) in [4.78, 5) is 20.6. The quantitative estimate of drug-likeness (QED) is 0.687. The summed E-state index contributed by atoms with van der Waals surface area (Å²) >= 11 is 0. The minimum atomic E-state index is -0.326. The molecule has 0 unspecified atom stereocenters. The van der Waals surface area contributed by atoms with Gasteiger partial charge in [-0.25, -0.2) is 0 Å². The Morgan fingerprint density at radius 3 is 1.69 bits per heavy atom. The zero-order valence-electron chi connectivity index (χ0n) is 11.4. The van der Waals surface area contributed by atoms with E-state index < -0.39 is 0 Å². The minimum absolute atomic E-state index is 0.0255. The molecular formula is C12H24O4. The van der Waals surface area contributed by atoms with Crippen LogP contribution in [0.4, 0.5) is 0 Å². The fraction of sp³-hybridized carbons (Fsp3) is 0.833. The molecule has 0 aromatic carbocycles. The van der Waals surface area contributed by atoms with Gasteiger partial charge in [0.25, 0.3) is 0 Å². The first-order valence-corrected chi connectivity index (χ1v) is 5.47. The topological polar surface area (TPSA) is 52.6 Å². The Morgan fingerprint density at radius 2 is 1.62 bits per heavy atom. The average Bonchev–Trinajstić information content (AvgIpc) is 1.99. The Hall–Kier alpha value is -1.06. The lowest BCUT2D eigenvalue weighted by Crippen LogP contribution is -2.23. The van der Waals surface area contributed by atoms with Gasteiger partial charge in [-0.1, -0.05) is 6.92 Å². The second-order valence-electron chi connectivity index (χ2n) is 4.60. The van der Waals surface area contributed by atoms with Crippen LogP contribution in [-0.2, 0) is 19.1 Å². The maximum atomic E-state index is 10.6. The highest BCUT2D eigenvalue weighted by Gasteiger charge is 2.13. The van der Waals surface area contributed by atoms with Crippen LogP contribution >= 0.6 is 0 Å². The van der Waals surface area contributed by atoms with Crippen molar-refractivity contribution in [3.8, 4) is 0 Å². The van der Waals surface area contributed by atoms with Gasteiger partial charge in [0.2, 0.25) is 0 Å². The Balaban J connectivity index is 0. The third-order valence-electron chi connectivity index (χ3n) is 1.11. The highest BCUT2D eigenvalue weighted by molar-refractivity contribution is 5.69. The fourth-order valence-electron chi connectivity index (χ4n) is 0.746. The van der Waals surface area contributed by atoms with Crippen molar-refractivity contribution in [1.29, 1.82) is 0 Å². The van der Waals surface area contributed by atoms with E-state index in [-0.39, 0.29) is 23.6 Å². The molecule has 0 N–H and O–H groups in total. The standard InChI is InChI=1S/C7H14O2.C5H10O2/c1-5-6(8)9-7(2,3)4;1-4(2)7-5(3)6/h5H2,1-4H3;4H,1-3H3. The molecule has 0 rings (SSSR count). The van der Waals surface area contributed by atoms with Gasteiger partial charge in [-0.3, -0.25) is 9.59 Å². The molecule has 0 heterocycles. The van der Waals surface area contributed by atoms with Crippen LogP contribution in [0.25, 0.3) is 0 Å². The molecule has 4 heteroatoms. The molecule has 0 saturated carbocycles. The van der Waals surface area contributed by atoms with Crippen molar-refractivity contribution in [3.05, 3.63) is 0 Å². The number of esters is 2. The largest absolute Gasteiger partial charge is 0.463 e. The molecule has 0 aliphatic rings. The van der Waals surface area contributed by atoms with Crippen molar-refractivity contribution in [2.24, 2.45) is 0 Å². The van der Waals surface area contributed by atoms with Crippen LogP contribution in [-0.4, -0.2) is 23.6 Å². The van der Waals surface area contributed by atoms with Crippen molar-refractivity contribution >= 4 is 11.9 Å². The molecule has 0 aromatic rings. The second kappa shape index (κ2) is 8.13. The molecule has 0 saturated heterocycles. The smallest absolute Gasteiger partial charge is 0.306 e. The molecular weight excluding hydrogens is 208 g/mol. The van der Waals surface area contributed by atoms with E-state index in [4.69, 9.17) is 4.74 Å². The van der Waals surface area contributed by atoms with Crippen LogP contribution in [0.2, 0.25) is 0 Å². The number of carbonyl (C=O) groups excluding carboxylic acids is 2. The third-order valence-corrected chi connectivity index (χ3v) is 1.11. The zero-order valence-corrected chi connectivity index (χ0v) is 11.4.